The van der Waals surface area contributed by atoms with Crippen LogP contribution in [0.15, 0.2) is 4.60 Å². The third-order valence-electron chi connectivity index (χ3n) is 1.70. The van der Waals surface area contributed by atoms with Crippen LogP contribution in [0.1, 0.15) is 12.1 Å². The highest BCUT2D eigenvalue weighted by Crippen LogP contribution is 2.26. The largest absolute Gasteiger partial charge is 0.381 e. The van der Waals surface area contributed by atoms with E-state index in [1.807, 2.05) is 0 Å². The highest BCUT2D eigenvalue weighted by molar-refractivity contribution is 9.10. The standard InChI is InChI=1S/C6H8BrN3/c7-6-5-4(9-10-6)2-1-3-8-5/h8H,1-3H2,(H,9,10). The normalized spacial score (nSPS) is 16.1. The van der Waals surface area contributed by atoms with E-state index < -0.39 is 0 Å². The number of hydrogen-bond donors (Lipinski definition) is 2. The van der Waals surface area contributed by atoms with Gasteiger partial charge in [-0.15, -0.1) is 0 Å². The maximum absolute atomic E-state index is 4.03. The molecule has 2 N–H and O–H groups in total. The van der Waals surface area contributed by atoms with Gasteiger partial charge in [-0.3, -0.25) is 5.10 Å². The van der Waals surface area contributed by atoms with Gasteiger partial charge < -0.3 is 5.32 Å². The molecule has 0 unspecified atom stereocenters. The molecule has 4 heteroatoms. The number of nitrogens with one attached hydrogen (secondary N) is 2. The van der Waals surface area contributed by atoms with Crippen LogP contribution in [0.2, 0.25) is 0 Å². The number of halogens is 1. The average molecular weight is 202 g/mol. The fourth-order valence-electron chi connectivity index (χ4n) is 1.19. The van der Waals surface area contributed by atoms with Crippen LogP contribution in [0.4, 0.5) is 5.69 Å². The van der Waals surface area contributed by atoms with Crippen LogP contribution >= 0.6 is 15.9 Å². The molecule has 1 aromatic rings. The van der Waals surface area contributed by atoms with Crippen LogP contribution in [-0.2, 0) is 6.42 Å². The molecule has 0 saturated carbocycles. The second-order valence-corrected chi connectivity index (χ2v) is 3.15. The summed E-state index contributed by atoms with van der Waals surface area (Å²) in [4.78, 5) is 0. The molecule has 0 aliphatic carbocycles. The predicted molar refractivity (Wildman–Crippen MR) is 43.1 cm³/mol. The van der Waals surface area contributed by atoms with Gasteiger partial charge in [-0.1, -0.05) is 0 Å². The Morgan fingerprint density at radius 2 is 2.40 bits per heavy atom. The number of rotatable bonds is 0. The van der Waals surface area contributed by atoms with E-state index in [1.54, 1.807) is 0 Å². The summed E-state index contributed by atoms with van der Waals surface area (Å²) in [6.45, 7) is 1.06. The Kier molecular flexibility index (Phi) is 1.41. The second-order valence-electron chi connectivity index (χ2n) is 2.40. The van der Waals surface area contributed by atoms with E-state index in [-0.39, 0.29) is 0 Å². The molecule has 1 aliphatic rings. The summed E-state index contributed by atoms with van der Waals surface area (Å²) >= 11 is 3.35. The Labute approximate surface area is 67.3 Å². The molecule has 1 aliphatic heterocycles. The first-order valence-corrected chi connectivity index (χ1v) is 4.14. The molecule has 0 saturated heterocycles. The molecule has 0 bridgehead atoms. The van der Waals surface area contributed by atoms with Crippen molar-refractivity contribution >= 4 is 21.6 Å². The highest BCUT2D eigenvalue weighted by atomic mass is 79.9. The van der Waals surface area contributed by atoms with Gasteiger partial charge in [0.15, 0.2) is 4.60 Å². The first-order chi connectivity index (χ1) is 4.88. The lowest BCUT2D eigenvalue weighted by atomic mass is 10.1. The van der Waals surface area contributed by atoms with Crippen LogP contribution < -0.4 is 5.32 Å². The van der Waals surface area contributed by atoms with Crippen molar-refractivity contribution < 1.29 is 0 Å². The molecule has 2 rings (SSSR count). The summed E-state index contributed by atoms with van der Waals surface area (Å²) < 4.78 is 0.905. The van der Waals surface area contributed by atoms with Crippen molar-refractivity contribution in [2.45, 2.75) is 12.8 Å². The van der Waals surface area contributed by atoms with E-state index in [2.05, 4.69) is 31.4 Å². The quantitative estimate of drug-likeness (QED) is 0.669. The molecule has 3 nitrogen and oxygen atoms in total. The Balaban J connectivity index is 2.45. The summed E-state index contributed by atoms with van der Waals surface area (Å²) in [6, 6.07) is 0. The third-order valence-corrected chi connectivity index (χ3v) is 2.28. The van der Waals surface area contributed by atoms with Crippen LogP contribution in [0.3, 0.4) is 0 Å². The van der Waals surface area contributed by atoms with Crippen molar-refractivity contribution in [2.75, 3.05) is 11.9 Å². The predicted octanol–water partition coefficient (Wildman–Crippen LogP) is 1.53. The van der Waals surface area contributed by atoms with Gasteiger partial charge in [0.05, 0.1) is 11.4 Å². The number of hydrogen-bond acceptors (Lipinski definition) is 2. The molecule has 0 amide bonds. The average Bonchev–Trinajstić information content (AvgIpc) is 2.34. The summed E-state index contributed by atoms with van der Waals surface area (Å²) in [7, 11) is 0. The molecule has 0 spiro atoms. The van der Waals surface area contributed by atoms with Gasteiger partial charge in [0.25, 0.3) is 0 Å². The minimum atomic E-state index is 0.905. The topological polar surface area (TPSA) is 40.7 Å². The second kappa shape index (κ2) is 2.27. The number of fused-ring (bicyclic) bond motifs is 1. The maximum atomic E-state index is 4.03. The molecule has 2 heterocycles. The Morgan fingerprint density at radius 1 is 1.50 bits per heavy atom. The van der Waals surface area contributed by atoms with Crippen LogP contribution in [0, 0.1) is 0 Å². The maximum Gasteiger partial charge on any atom is 0.151 e. The molecule has 0 radical (unpaired) electrons. The zero-order valence-corrected chi connectivity index (χ0v) is 7.03. The monoisotopic (exact) mass is 201 g/mol. The zero-order valence-electron chi connectivity index (χ0n) is 5.45. The Bertz CT molecular complexity index is 243. The fourth-order valence-corrected chi connectivity index (χ4v) is 1.66. The molecule has 1 aromatic heterocycles. The Morgan fingerprint density at radius 3 is 3.20 bits per heavy atom. The van der Waals surface area contributed by atoms with Gasteiger partial charge >= 0.3 is 0 Å². The minimum Gasteiger partial charge on any atom is -0.381 e. The molecule has 10 heavy (non-hydrogen) atoms. The summed E-state index contributed by atoms with van der Waals surface area (Å²) in [6.07, 6.45) is 2.31. The van der Waals surface area contributed by atoms with Crippen LogP contribution in [0.25, 0.3) is 0 Å². The van der Waals surface area contributed by atoms with E-state index in [9.17, 15) is 0 Å². The molecule has 54 valence electrons. The lowest BCUT2D eigenvalue weighted by molar-refractivity contribution is 0.801. The van der Waals surface area contributed by atoms with E-state index in [1.165, 1.54) is 12.1 Å². The first-order valence-electron chi connectivity index (χ1n) is 3.34. The van der Waals surface area contributed by atoms with Gasteiger partial charge in [-0.05, 0) is 28.8 Å². The SMILES string of the molecule is Brc1n[nH]c2c1NCCC2. The van der Waals surface area contributed by atoms with E-state index in [0.29, 0.717) is 0 Å². The van der Waals surface area contributed by atoms with Crippen LogP contribution in [0.5, 0.6) is 0 Å². The smallest absolute Gasteiger partial charge is 0.151 e. The van der Waals surface area contributed by atoms with Gasteiger partial charge in [-0.25, -0.2) is 0 Å². The first kappa shape index (κ1) is 6.22. The van der Waals surface area contributed by atoms with Crippen LogP contribution in [-0.4, -0.2) is 16.7 Å². The Hall–Kier alpha value is -0.510. The van der Waals surface area contributed by atoms with E-state index in [0.717, 1.165) is 23.3 Å². The van der Waals surface area contributed by atoms with E-state index in [4.69, 9.17) is 0 Å². The van der Waals surface area contributed by atoms with Gasteiger partial charge in [-0.2, -0.15) is 5.10 Å². The molecule has 0 aromatic carbocycles. The fraction of sp³-hybridized carbons (Fsp3) is 0.500. The number of aromatic nitrogens is 2. The molecular formula is C6H8BrN3. The number of H-pyrrole nitrogens is 1. The zero-order chi connectivity index (χ0) is 6.97. The number of nitrogens with zero attached hydrogens (tertiary/aromatic N) is 1. The summed E-state index contributed by atoms with van der Waals surface area (Å²) in [5.41, 5.74) is 2.37. The van der Waals surface area contributed by atoms with Gasteiger partial charge in [0, 0.05) is 6.54 Å². The van der Waals surface area contributed by atoms with Crippen molar-refractivity contribution in [1.82, 2.24) is 10.2 Å². The summed E-state index contributed by atoms with van der Waals surface area (Å²) in [5, 5.41) is 10.3. The lowest BCUT2D eigenvalue weighted by Gasteiger charge is -2.11. The van der Waals surface area contributed by atoms with E-state index >= 15 is 0 Å². The molecule has 0 atom stereocenters. The van der Waals surface area contributed by atoms with Crippen molar-refractivity contribution in [3.63, 3.8) is 0 Å². The number of aryl methyl sites for hydroxylation is 1. The van der Waals surface area contributed by atoms with Crippen molar-refractivity contribution in [2.24, 2.45) is 0 Å². The van der Waals surface area contributed by atoms with Crippen molar-refractivity contribution in [3.05, 3.63) is 10.3 Å². The molecular weight excluding hydrogens is 194 g/mol. The van der Waals surface area contributed by atoms with Gasteiger partial charge in [0.2, 0.25) is 0 Å². The van der Waals surface area contributed by atoms with Crippen molar-refractivity contribution in [1.29, 1.82) is 0 Å². The number of aromatic amines is 1. The highest BCUT2D eigenvalue weighted by Gasteiger charge is 2.13. The summed E-state index contributed by atoms with van der Waals surface area (Å²) in [5.74, 6) is 0. The molecule has 0 fully saturated rings. The number of anilines is 1. The van der Waals surface area contributed by atoms with Gasteiger partial charge in [0.1, 0.15) is 0 Å². The third kappa shape index (κ3) is 0.831. The minimum absolute atomic E-state index is 0.905. The van der Waals surface area contributed by atoms with Crippen molar-refractivity contribution in [3.8, 4) is 0 Å². The lowest BCUT2D eigenvalue weighted by Crippen LogP contribution is -2.10.